The fraction of sp³-hybridized carbons (Fsp3) is 0.417. The lowest BCUT2D eigenvalue weighted by Gasteiger charge is -2.20. The van der Waals surface area contributed by atoms with Crippen LogP contribution in [0.1, 0.15) is 44.6 Å². The monoisotopic (exact) mass is 468 g/mol. The van der Waals surface area contributed by atoms with Gasteiger partial charge < -0.3 is 0 Å². The van der Waals surface area contributed by atoms with E-state index in [0.29, 0.717) is 36.0 Å². The average Bonchev–Trinajstić information content (AvgIpc) is 3.11. The van der Waals surface area contributed by atoms with Gasteiger partial charge in [0.2, 0.25) is 0 Å². The number of benzene rings is 1. The third kappa shape index (κ3) is 6.73. The van der Waals surface area contributed by atoms with Gasteiger partial charge in [-0.15, -0.1) is 0 Å². The van der Waals surface area contributed by atoms with E-state index in [-0.39, 0.29) is 0 Å². The molecule has 0 aliphatic rings. The highest BCUT2D eigenvalue weighted by Gasteiger charge is 2.15. The summed E-state index contributed by atoms with van der Waals surface area (Å²) in [5, 5.41) is 14.7. The van der Waals surface area contributed by atoms with Gasteiger partial charge in [0.15, 0.2) is 10.6 Å². The van der Waals surface area contributed by atoms with Gasteiger partial charge in [0.25, 0.3) is 0 Å². The summed E-state index contributed by atoms with van der Waals surface area (Å²) in [6, 6.07) is 13.9. The summed E-state index contributed by atoms with van der Waals surface area (Å²) in [4.78, 5) is 6.38. The molecule has 3 aromatic rings. The molecule has 0 fully saturated rings. The van der Waals surface area contributed by atoms with Crippen molar-refractivity contribution in [1.29, 1.82) is 5.26 Å². The number of halogens is 1. The van der Waals surface area contributed by atoms with E-state index in [1.165, 1.54) is 19.3 Å². The molecule has 32 heavy (non-hydrogen) atoms. The van der Waals surface area contributed by atoms with Crippen LogP contribution in [0.4, 0.5) is 0 Å². The molecule has 0 amide bonds. The van der Waals surface area contributed by atoms with Crippen LogP contribution in [0.15, 0.2) is 48.8 Å². The lowest BCUT2D eigenvalue weighted by molar-refractivity contribution is 0.200. The van der Waals surface area contributed by atoms with Crippen LogP contribution in [0, 0.1) is 16.1 Å². The van der Waals surface area contributed by atoms with Gasteiger partial charge >= 0.3 is 0 Å². The van der Waals surface area contributed by atoms with Crippen LogP contribution in [0.5, 0.6) is 0 Å². The molecular weight excluding hydrogens is 440 g/mol. The highest BCUT2D eigenvalue weighted by atomic mass is 35.5. The number of hydrogen-bond acceptors (Lipinski definition) is 5. The Morgan fingerprint density at radius 2 is 1.97 bits per heavy atom. The van der Waals surface area contributed by atoms with Crippen LogP contribution >= 0.6 is 23.8 Å². The third-order valence-corrected chi connectivity index (χ3v) is 5.95. The van der Waals surface area contributed by atoms with Crippen molar-refractivity contribution in [3.63, 3.8) is 0 Å². The summed E-state index contributed by atoms with van der Waals surface area (Å²) in [6.45, 7) is 4.86. The molecule has 3 rings (SSSR count). The highest BCUT2D eigenvalue weighted by Crippen LogP contribution is 2.22. The molecular formula is C24H29ClN6S. The second-order valence-electron chi connectivity index (χ2n) is 7.79. The zero-order chi connectivity index (χ0) is 22.8. The molecule has 6 nitrogen and oxygen atoms in total. The molecule has 0 saturated carbocycles. The zero-order valence-corrected chi connectivity index (χ0v) is 20.0. The normalized spacial score (nSPS) is 11.1. The highest BCUT2D eigenvalue weighted by molar-refractivity contribution is 7.71. The van der Waals surface area contributed by atoms with E-state index >= 15 is 0 Å². The predicted molar refractivity (Wildman–Crippen MR) is 131 cm³/mol. The second kappa shape index (κ2) is 12.5. The van der Waals surface area contributed by atoms with Crippen molar-refractivity contribution in [2.45, 2.75) is 58.8 Å². The topological polar surface area (TPSA) is 62.7 Å². The molecule has 0 unspecified atom stereocenters. The van der Waals surface area contributed by atoms with E-state index in [0.717, 1.165) is 29.9 Å². The fourth-order valence-corrected chi connectivity index (χ4v) is 3.99. The second-order valence-corrected chi connectivity index (χ2v) is 8.59. The van der Waals surface area contributed by atoms with Crippen LogP contribution in [0.25, 0.3) is 11.4 Å². The van der Waals surface area contributed by atoms with Gasteiger partial charge in [0.05, 0.1) is 12.7 Å². The number of pyridine rings is 1. The number of rotatable bonds is 12. The molecule has 2 aromatic heterocycles. The van der Waals surface area contributed by atoms with Crippen molar-refractivity contribution in [2.24, 2.45) is 0 Å². The molecule has 0 atom stereocenters. The fourth-order valence-electron chi connectivity index (χ4n) is 3.59. The lowest BCUT2D eigenvalue weighted by Crippen LogP contribution is -2.28. The Morgan fingerprint density at radius 1 is 1.16 bits per heavy atom. The summed E-state index contributed by atoms with van der Waals surface area (Å²) in [6.07, 6.45) is 8.68. The predicted octanol–water partition coefficient (Wildman–Crippen LogP) is 6.08. The van der Waals surface area contributed by atoms with Gasteiger partial charge in [-0.05, 0) is 54.5 Å². The smallest absolute Gasteiger partial charge is 0.199 e. The summed E-state index contributed by atoms with van der Waals surface area (Å²) >= 11 is 11.9. The Kier molecular flexibility index (Phi) is 9.42. The van der Waals surface area contributed by atoms with Gasteiger partial charge in [-0.1, -0.05) is 43.9 Å². The molecule has 0 aliphatic carbocycles. The quantitative estimate of drug-likeness (QED) is 0.238. The van der Waals surface area contributed by atoms with Crippen molar-refractivity contribution >= 4 is 23.8 Å². The first-order valence-electron chi connectivity index (χ1n) is 11.0. The maximum Gasteiger partial charge on any atom is 0.199 e. The molecule has 0 aliphatic heterocycles. The van der Waals surface area contributed by atoms with Crippen LogP contribution < -0.4 is 0 Å². The minimum atomic E-state index is 0.440. The van der Waals surface area contributed by atoms with Crippen molar-refractivity contribution in [2.75, 3.05) is 6.54 Å². The Bertz CT molecular complexity index is 1070. The molecule has 0 bridgehead atoms. The number of aromatic nitrogens is 4. The van der Waals surface area contributed by atoms with Gasteiger partial charge in [-0.25, -0.2) is 4.68 Å². The standard InChI is InChI=1S/C24H29ClN6S/c1-2-3-4-5-16-30-23(21-9-11-22(25)12-10-21)28-31(24(30)32)19-29(15-7-13-26)18-20-8-6-14-27-17-20/h6,8-12,14,17H,2-5,7,15-16,18-19H2,1H3. The van der Waals surface area contributed by atoms with Crippen LogP contribution in [0.3, 0.4) is 0 Å². The van der Waals surface area contributed by atoms with Crippen molar-refractivity contribution in [3.05, 3.63) is 64.1 Å². The average molecular weight is 469 g/mol. The van der Waals surface area contributed by atoms with Crippen molar-refractivity contribution in [1.82, 2.24) is 24.2 Å². The largest absolute Gasteiger partial charge is 0.300 e. The minimum Gasteiger partial charge on any atom is -0.300 e. The van der Waals surface area contributed by atoms with Gasteiger partial charge in [0.1, 0.15) is 0 Å². The van der Waals surface area contributed by atoms with Crippen LogP contribution in [0.2, 0.25) is 5.02 Å². The molecule has 2 heterocycles. The molecule has 0 saturated heterocycles. The molecule has 0 radical (unpaired) electrons. The van der Waals surface area contributed by atoms with Gasteiger partial charge in [-0.3, -0.25) is 14.5 Å². The molecule has 168 valence electrons. The molecule has 0 spiro atoms. The van der Waals surface area contributed by atoms with Crippen molar-refractivity contribution < 1.29 is 0 Å². The van der Waals surface area contributed by atoms with Gasteiger partial charge in [-0.2, -0.15) is 10.4 Å². The van der Waals surface area contributed by atoms with E-state index < -0.39 is 0 Å². The van der Waals surface area contributed by atoms with E-state index in [4.69, 9.17) is 34.2 Å². The SMILES string of the molecule is CCCCCCn1c(-c2ccc(Cl)cc2)nn(CN(CCC#N)Cc2cccnc2)c1=S. The maximum absolute atomic E-state index is 9.12. The van der Waals surface area contributed by atoms with E-state index in [1.54, 1.807) is 6.20 Å². The van der Waals surface area contributed by atoms with E-state index in [9.17, 15) is 0 Å². The Morgan fingerprint density at radius 3 is 2.66 bits per heavy atom. The number of unbranched alkanes of at least 4 members (excludes halogenated alkanes) is 3. The summed E-state index contributed by atoms with van der Waals surface area (Å²) in [5.41, 5.74) is 2.08. The molecule has 8 heteroatoms. The maximum atomic E-state index is 9.12. The minimum absolute atomic E-state index is 0.440. The number of hydrogen-bond donors (Lipinski definition) is 0. The number of nitriles is 1. The number of nitrogens with zero attached hydrogens (tertiary/aromatic N) is 6. The summed E-state index contributed by atoms with van der Waals surface area (Å²) < 4.78 is 4.69. The van der Waals surface area contributed by atoms with Gasteiger partial charge in [0, 0.05) is 49.0 Å². The Labute approximate surface area is 200 Å². The van der Waals surface area contributed by atoms with E-state index in [1.807, 2.05) is 47.3 Å². The summed E-state index contributed by atoms with van der Waals surface area (Å²) in [7, 11) is 0. The van der Waals surface area contributed by atoms with Crippen molar-refractivity contribution in [3.8, 4) is 17.5 Å². The van der Waals surface area contributed by atoms with E-state index in [2.05, 4.69) is 27.4 Å². The van der Waals surface area contributed by atoms with Crippen LogP contribution in [-0.2, 0) is 19.8 Å². The molecule has 1 aromatic carbocycles. The Hall–Kier alpha value is -2.53. The zero-order valence-electron chi connectivity index (χ0n) is 18.5. The third-order valence-electron chi connectivity index (χ3n) is 5.26. The molecule has 0 N–H and O–H groups in total. The first-order chi connectivity index (χ1) is 15.6. The Balaban J connectivity index is 1.88. The first-order valence-corrected chi connectivity index (χ1v) is 11.8. The lowest BCUT2D eigenvalue weighted by atomic mass is 10.2. The summed E-state index contributed by atoms with van der Waals surface area (Å²) in [5.74, 6) is 0.852. The first kappa shape index (κ1) is 24.1. The van der Waals surface area contributed by atoms with Crippen LogP contribution in [-0.4, -0.2) is 30.8 Å².